The number of likely N-dealkylation sites (N-methyl/N-ethyl adjacent to an activating group) is 1. The number of amides is 1. The molecule has 1 saturated heterocycles. The lowest BCUT2D eigenvalue weighted by atomic mass is 9.87. The molecule has 2 aromatic heterocycles. The average molecular weight is 588 g/mol. The maximum absolute atomic E-state index is 13.5. The number of aromatic nitrogens is 3. The van der Waals surface area contributed by atoms with Crippen LogP contribution in [-0.2, 0) is 4.79 Å². The average Bonchev–Trinajstić information content (AvgIpc) is 3.03. The predicted octanol–water partition coefficient (Wildman–Crippen LogP) is 4.78. The predicted molar refractivity (Wildman–Crippen MR) is 171 cm³/mol. The van der Waals surface area contributed by atoms with Crippen molar-refractivity contribution in [2.75, 3.05) is 50.6 Å². The number of nitrogens with one attached hydrogen (secondary N) is 2. The van der Waals surface area contributed by atoms with Crippen LogP contribution in [0.15, 0.2) is 35.3 Å². The van der Waals surface area contributed by atoms with Crippen LogP contribution in [0.1, 0.15) is 69.4 Å². The van der Waals surface area contributed by atoms with Crippen molar-refractivity contribution >= 4 is 34.3 Å². The first-order valence-electron chi connectivity index (χ1n) is 16.0. The van der Waals surface area contributed by atoms with E-state index in [-0.39, 0.29) is 29.5 Å². The number of nitrogens with zero attached hydrogens (tertiary/aromatic N) is 5. The quantitative estimate of drug-likeness (QED) is 0.407. The molecule has 6 rings (SSSR count). The Morgan fingerprint density at radius 3 is 2.44 bits per heavy atom. The van der Waals surface area contributed by atoms with Gasteiger partial charge in [0.05, 0.1) is 12.8 Å². The van der Waals surface area contributed by atoms with Crippen molar-refractivity contribution in [3.63, 3.8) is 0 Å². The second-order valence-corrected chi connectivity index (χ2v) is 12.6. The van der Waals surface area contributed by atoms with Crippen molar-refractivity contribution in [1.82, 2.24) is 24.8 Å². The zero-order valence-corrected chi connectivity index (χ0v) is 25.8. The smallest absolute Gasteiger partial charge is 0.255 e. The van der Waals surface area contributed by atoms with E-state index >= 15 is 0 Å². The van der Waals surface area contributed by atoms with Gasteiger partial charge in [-0.2, -0.15) is 4.98 Å². The van der Waals surface area contributed by atoms with Gasteiger partial charge in [-0.25, -0.2) is 4.98 Å². The van der Waals surface area contributed by atoms with Gasteiger partial charge < -0.3 is 25.2 Å². The van der Waals surface area contributed by atoms with E-state index in [1.807, 2.05) is 23.6 Å². The SMILES string of the molecule is COc1cc(N2CCN(C)CC2)ccc1Nc1ncc2cc(C)c(=O)n(C3CCC(NC(=O)C4CCCCC4)CC3)c2n1. The van der Waals surface area contributed by atoms with Crippen LogP contribution in [0.2, 0.25) is 0 Å². The molecule has 0 unspecified atom stereocenters. The maximum Gasteiger partial charge on any atom is 0.255 e. The molecule has 1 amide bonds. The minimum atomic E-state index is -0.0130. The normalized spacial score (nSPS) is 22.0. The molecule has 10 heteroatoms. The highest BCUT2D eigenvalue weighted by Gasteiger charge is 2.29. The summed E-state index contributed by atoms with van der Waals surface area (Å²) in [7, 11) is 3.82. The highest BCUT2D eigenvalue weighted by atomic mass is 16.5. The van der Waals surface area contributed by atoms with Crippen LogP contribution in [0.25, 0.3) is 11.0 Å². The minimum absolute atomic E-state index is 0.0130. The second kappa shape index (κ2) is 12.9. The lowest BCUT2D eigenvalue weighted by Crippen LogP contribution is -2.44. The summed E-state index contributed by atoms with van der Waals surface area (Å²) in [5.41, 5.74) is 3.21. The third kappa shape index (κ3) is 6.49. The van der Waals surface area contributed by atoms with E-state index in [4.69, 9.17) is 9.72 Å². The number of carbonyl (C=O) groups is 1. The third-order valence-electron chi connectivity index (χ3n) is 9.64. The number of benzene rings is 1. The molecule has 3 aliphatic rings. The number of aryl methyl sites for hydroxylation is 1. The van der Waals surface area contributed by atoms with Gasteiger partial charge >= 0.3 is 0 Å². The summed E-state index contributed by atoms with van der Waals surface area (Å²) in [5.74, 6) is 1.52. The van der Waals surface area contributed by atoms with E-state index in [0.29, 0.717) is 17.2 Å². The molecule has 0 atom stereocenters. The van der Waals surface area contributed by atoms with Gasteiger partial charge in [0.2, 0.25) is 11.9 Å². The van der Waals surface area contributed by atoms with Gasteiger partial charge in [-0.05, 0) is 70.7 Å². The minimum Gasteiger partial charge on any atom is -0.494 e. The Morgan fingerprint density at radius 2 is 1.72 bits per heavy atom. The molecule has 2 N–H and O–H groups in total. The van der Waals surface area contributed by atoms with E-state index in [0.717, 1.165) is 100 Å². The molecule has 0 radical (unpaired) electrons. The molecule has 10 nitrogen and oxygen atoms in total. The number of pyridine rings is 1. The Hall–Kier alpha value is -3.66. The third-order valence-corrected chi connectivity index (χ3v) is 9.64. The number of ether oxygens (including phenoxy) is 1. The number of piperazine rings is 1. The summed E-state index contributed by atoms with van der Waals surface area (Å²) >= 11 is 0. The van der Waals surface area contributed by atoms with Gasteiger partial charge in [-0.1, -0.05) is 19.3 Å². The van der Waals surface area contributed by atoms with E-state index in [1.165, 1.54) is 6.42 Å². The fourth-order valence-corrected chi connectivity index (χ4v) is 6.98. The van der Waals surface area contributed by atoms with Gasteiger partial charge in [0.25, 0.3) is 5.56 Å². The first-order chi connectivity index (χ1) is 20.9. The molecular formula is C33H45N7O3. The topological polar surface area (TPSA) is 105 Å². The summed E-state index contributed by atoms with van der Waals surface area (Å²) < 4.78 is 7.61. The summed E-state index contributed by atoms with van der Waals surface area (Å²) in [5, 5.41) is 7.50. The number of methoxy groups -OCH3 is 1. The lowest BCUT2D eigenvalue weighted by Gasteiger charge is -2.34. The summed E-state index contributed by atoms with van der Waals surface area (Å²) in [6.45, 7) is 5.88. The molecule has 3 heterocycles. The van der Waals surface area contributed by atoms with Gasteiger partial charge in [-0.3, -0.25) is 14.2 Å². The van der Waals surface area contributed by atoms with Crippen LogP contribution in [0.5, 0.6) is 5.75 Å². The lowest BCUT2D eigenvalue weighted by molar-refractivity contribution is -0.126. The molecule has 0 bridgehead atoms. The Morgan fingerprint density at radius 1 is 0.977 bits per heavy atom. The van der Waals surface area contributed by atoms with E-state index in [2.05, 4.69) is 44.6 Å². The first kappa shape index (κ1) is 29.4. The second-order valence-electron chi connectivity index (χ2n) is 12.6. The van der Waals surface area contributed by atoms with Crippen molar-refractivity contribution in [3.8, 4) is 5.75 Å². The number of hydrogen-bond acceptors (Lipinski definition) is 8. The number of rotatable bonds is 7. The highest BCUT2D eigenvalue weighted by molar-refractivity contribution is 5.79. The summed E-state index contributed by atoms with van der Waals surface area (Å²) in [6.07, 6.45) is 10.7. The number of anilines is 3. The van der Waals surface area contributed by atoms with Crippen molar-refractivity contribution in [2.24, 2.45) is 5.92 Å². The first-order valence-corrected chi connectivity index (χ1v) is 16.0. The van der Waals surface area contributed by atoms with Crippen LogP contribution in [0, 0.1) is 12.8 Å². The van der Waals surface area contributed by atoms with Crippen LogP contribution in [0.3, 0.4) is 0 Å². The van der Waals surface area contributed by atoms with Gasteiger partial charge in [-0.15, -0.1) is 0 Å². The zero-order valence-electron chi connectivity index (χ0n) is 25.8. The molecule has 3 fully saturated rings. The molecule has 2 saturated carbocycles. The molecule has 230 valence electrons. The Bertz CT molecular complexity index is 1500. The fraction of sp³-hybridized carbons (Fsp3) is 0.576. The van der Waals surface area contributed by atoms with E-state index < -0.39 is 0 Å². The molecule has 1 aromatic carbocycles. The van der Waals surface area contributed by atoms with Gasteiger partial charge in [0, 0.05) is 73.1 Å². The molecule has 43 heavy (non-hydrogen) atoms. The summed E-state index contributed by atoms with van der Waals surface area (Å²) in [6, 6.07) is 8.23. The number of hydrogen-bond donors (Lipinski definition) is 2. The van der Waals surface area contributed by atoms with Crippen LogP contribution >= 0.6 is 0 Å². The Labute approximate surface area is 253 Å². The standard InChI is InChI=1S/C33H45N7O3/c1-22-19-24-21-34-33(36-28-14-13-27(20-29(28)43-3)39-17-15-38(2)16-18-39)37-30(24)40(32(22)42)26-11-9-25(10-12-26)35-31(41)23-7-5-4-6-8-23/h13-14,19-21,23,25-26H,4-12,15-18H2,1-3H3,(H,35,41)(H,34,36,37). The molecule has 3 aromatic rings. The molecular weight excluding hydrogens is 542 g/mol. The van der Waals surface area contributed by atoms with Gasteiger partial charge in [0.1, 0.15) is 11.4 Å². The van der Waals surface area contributed by atoms with Crippen LogP contribution in [0.4, 0.5) is 17.3 Å². The van der Waals surface area contributed by atoms with E-state index in [1.54, 1.807) is 13.3 Å². The van der Waals surface area contributed by atoms with E-state index in [9.17, 15) is 9.59 Å². The molecule has 2 aliphatic carbocycles. The van der Waals surface area contributed by atoms with Crippen LogP contribution in [-0.4, -0.2) is 71.7 Å². The Kier molecular flexibility index (Phi) is 8.83. The number of fused-ring (bicyclic) bond motifs is 1. The monoisotopic (exact) mass is 587 g/mol. The van der Waals surface area contributed by atoms with Crippen LogP contribution < -0.4 is 25.8 Å². The summed E-state index contributed by atoms with van der Waals surface area (Å²) in [4.78, 5) is 40.5. The molecule has 0 spiro atoms. The fourth-order valence-electron chi connectivity index (χ4n) is 6.98. The van der Waals surface area contributed by atoms with Crippen molar-refractivity contribution < 1.29 is 9.53 Å². The number of carbonyl (C=O) groups excluding carboxylic acids is 1. The largest absolute Gasteiger partial charge is 0.494 e. The Balaban J connectivity index is 1.19. The zero-order chi connectivity index (χ0) is 29.9. The van der Waals surface area contributed by atoms with Crippen molar-refractivity contribution in [3.05, 3.63) is 46.4 Å². The highest BCUT2D eigenvalue weighted by Crippen LogP contribution is 2.34. The maximum atomic E-state index is 13.5. The van der Waals surface area contributed by atoms with Crippen molar-refractivity contribution in [2.45, 2.75) is 76.8 Å². The van der Waals surface area contributed by atoms with Gasteiger partial charge in [0.15, 0.2) is 0 Å². The van der Waals surface area contributed by atoms with Crippen molar-refractivity contribution in [1.29, 1.82) is 0 Å². The molecule has 1 aliphatic heterocycles.